The molecule has 2 atom stereocenters. The molecule has 1 saturated heterocycles. The third-order valence-electron chi connectivity index (χ3n) is 2.81. The van der Waals surface area contributed by atoms with E-state index in [2.05, 4.69) is 19.2 Å². The lowest BCUT2D eigenvalue weighted by molar-refractivity contribution is -0.131. The molecule has 0 aromatic carbocycles. The lowest BCUT2D eigenvalue weighted by atomic mass is 10.1. The molecule has 13 heavy (non-hydrogen) atoms. The molecule has 76 valence electrons. The second kappa shape index (κ2) is 3.66. The topological polar surface area (TPSA) is 32.3 Å². The van der Waals surface area contributed by atoms with Crippen molar-refractivity contribution in [2.75, 3.05) is 6.54 Å². The molecule has 0 aliphatic carbocycles. The number of carbonyl (C=O) groups excluding carboxylic acids is 1. The van der Waals surface area contributed by atoms with Gasteiger partial charge in [-0.25, -0.2) is 0 Å². The number of amides is 1. The van der Waals surface area contributed by atoms with Crippen LogP contribution < -0.4 is 5.32 Å². The smallest absolute Gasteiger partial charge is 0.240 e. The van der Waals surface area contributed by atoms with Crippen molar-refractivity contribution in [3.05, 3.63) is 0 Å². The molecule has 3 heteroatoms. The molecule has 1 amide bonds. The third-order valence-corrected chi connectivity index (χ3v) is 2.81. The highest BCUT2D eigenvalue weighted by Crippen LogP contribution is 2.25. The predicted octanol–water partition coefficient (Wildman–Crippen LogP) is 1.34. The van der Waals surface area contributed by atoms with E-state index in [-0.39, 0.29) is 17.6 Å². The molecule has 0 aromatic heterocycles. The van der Waals surface area contributed by atoms with Gasteiger partial charge in [-0.15, -0.1) is 0 Å². The van der Waals surface area contributed by atoms with Crippen LogP contribution in [0.15, 0.2) is 0 Å². The summed E-state index contributed by atoms with van der Waals surface area (Å²) < 4.78 is 0. The van der Waals surface area contributed by atoms with Crippen LogP contribution in [0.25, 0.3) is 0 Å². The van der Waals surface area contributed by atoms with Crippen LogP contribution in [0.5, 0.6) is 0 Å². The van der Waals surface area contributed by atoms with E-state index in [0.717, 1.165) is 19.4 Å². The molecule has 1 N–H and O–H groups in total. The van der Waals surface area contributed by atoms with E-state index in [1.165, 1.54) is 0 Å². The van der Waals surface area contributed by atoms with Crippen molar-refractivity contribution in [3.8, 4) is 0 Å². The number of rotatable bonds is 3. The molecule has 1 aliphatic rings. The predicted molar refractivity (Wildman–Crippen MR) is 53.3 cm³/mol. The Labute approximate surface area is 80.5 Å². The van der Waals surface area contributed by atoms with Gasteiger partial charge < -0.3 is 4.90 Å². The van der Waals surface area contributed by atoms with Gasteiger partial charge >= 0.3 is 0 Å². The number of carbonyl (C=O) groups is 1. The lowest BCUT2D eigenvalue weighted by Crippen LogP contribution is -2.49. The SMILES string of the molecule is CCCC1(C)NC(C)C(=O)N1CC. The summed E-state index contributed by atoms with van der Waals surface area (Å²) in [6.45, 7) is 9.03. The largest absolute Gasteiger partial charge is 0.324 e. The van der Waals surface area contributed by atoms with Crippen LogP contribution in [-0.4, -0.2) is 29.1 Å². The van der Waals surface area contributed by atoms with Crippen LogP contribution >= 0.6 is 0 Å². The van der Waals surface area contributed by atoms with Crippen LogP contribution in [0.3, 0.4) is 0 Å². The summed E-state index contributed by atoms with van der Waals surface area (Å²) in [5.41, 5.74) is -0.111. The number of nitrogens with one attached hydrogen (secondary N) is 1. The number of nitrogens with zero attached hydrogens (tertiary/aromatic N) is 1. The maximum absolute atomic E-state index is 11.7. The zero-order chi connectivity index (χ0) is 10.1. The summed E-state index contributed by atoms with van der Waals surface area (Å²) in [6, 6.07) is -0.0171. The van der Waals surface area contributed by atoms with Crippen molar-refractivity contribution < 1.29 is 4.79 Å². The molecule has 0 bridgehead atoms. The van der Waals surface area contributed by atoms with Crippen molar-refractivity contribution in [2.24, 2.45) is 0 Å². The van der Waals surface area contributed by atoms with Gasteiger partial charge in [0.1, 0.15) is 0 Å². The van der Waals surface area contributed by atoms with Gasteiger partial charge in [0.05, 0.1) is 11.7 Å². The first-order valence-corrected chi connectivity index (χ1v) is 5.14. The van der Waals surface area contributed by atoms with Crippen LogP contribution in [-0.2, 0) is 4.79 Å². The average molecular weight is 184 g/mol. The second-order valence-electron chi connectivity index (χ2n) is 3.97. The average Bonchev–Trinajstić information content (AvgIpc) is 2.24. The molecule has 0 saturated carbocycles. The van der Waals surface area contributed by atoms with Crippen molar-refractivity contribution in [3.63, 3.8) is 0 Å². The number of hydrogen-bond acceptors (Lipinski definition) is 2. The van der Waals surface area contributed by atoms with Crippen LogP contribution in [0.2, 0.25) is 0 Å². The van der Waals surface area contributed by atoms with Crippen LogP contribution in [0, 0.1) is 0 Å². The van der Waals surface area contributed by atoms with E-state index in [4.69, 9.17) is 0 Å². The first kappa shape index (κ1) is 10.5. The first-order valence-electron chi connectivity index (χ1n) is 5.14. The molecular formula is C10H20N2O. The van der Waals surface area contributed by atoms with Gasteiger partial charge in [0.15, 0.2) is 0 Å². The maximum Gasteiger partial charge on any atom is 0.240 e. The highest BCUT2D eigenvalue weighted by Gasteiger charge is 2.43. The van der Waals surface area contributed by atoms with Crippen molar-refractivity contribution in [2.45, 2.75) is 52.2 Å². The Bertz CT molecular complexity index is 205. The van der Waals surface area contributed by atoms with Gasteiger partial charge in [0.2, 0.25) is 5.91 Å². The summed E-state index contributed by atoms with van der Waals surface area (Å²) in [5, 5.41) is 3.36. The minimum Gasteiger partial charge on any atom is -0.324 e. The van der Waals surface area contributed by atoms with Crippen molar-refractivity contribution in [1.29, 1.82) is 0 Å². The van der Waals surface area contributed by atoms with E-state index < -0.39 is 0 Å². The Morgan fingerprint density at radius 3 is 2.62 bits per heavy atom. The Hall–Kier alpha value is -0.570. The monoisotopic (exact) mass is 184 g/mol. The number of hydrogen-bond donors (Lipinski definition) is 1. The minimum absolute atomic E-state index is 0.0171. The molecule has 3 nitrogen and oxygen atoms in total. The maximum atomic E-state index is 11.7. The molecule has 0 spiro atoms. The summed E-state index contributed by atoms with van der Waals surface area (Å²) in [4.78, 5) is 13.6. The van der Waals surface area contributed by atoms with E-state index >= 15 is 0 Å². The standard InChI is InChI=1S/C10H20N2O/c1-5-7-10(4)11-8(3)9(13)12(10)6-2/h8,11H,5-7H2,1-4H3. The van der Waals surface area contributed by atoms with E-state index in [9.17, 15) is 4.79 Å². The molecular weight excluding hydrogens is 164 g/mol. The Balaban J connectivity index is 2.80. The highest BCUT2D eigenvalue weighted by atomic mass is 16.2. The number of likely N-dealkylation sites (N-methyl/N-ethyl adjacent to an activating group) is 1. The molecule has 0 radical (unpaired) electrons. The summed E-state index contributed by atoms with van der Waals surface area (Å²) in [7, 11) is 0. The van der Waals surface area contributed by atoms with Gasteiger partial charge in [0.25, 0.3) is 0 Å². The fourth-order valence-corrected chi connectivity index (χ4v) is 2.28. The fourth-order valence-electron chi connectivity index (χ4n) is 2.28. The zero-order valence-electron chi connectivity index (χ0n) is 9.05. The minimum atomic E-state index is -0.111. The van der Waals surface area contributed by atoms with Gasteiger partial charge in [-0.1, -0.05) is 13.3 Å². The van der Waals surface area contributed by atoms with Gasteiger partial charge in [0, 0.05) is 6.54 Å². The molecule has 1 aliphatic heterocycles. The van der Waals surface area contributed by atoms with E-state index in [1.807, 2.05) is 18.7 Å². The quantitative estimate of drug-likeness (QED) is 0.718. The molecule has 1 heterocycles. The molecule has 2 unspecified atom stereocenters. The lowest BCUT2D eigenvalue weighted by Gasteiger charge is -2.34. The van der Waals surface area contributed by atoms with E-state index in [0.29, 0.717) is 0 Å². The summed E-state index contributed by atoms with van der Waals surface area (Å²) in [5.74, 6) is 0.235. The zero-order valence-corrected chi connectivity index (χ0v) is 9.05. The van der Waals surface area contributed by atoms with Crippen molar-refractivity contribution >= 4 is 5.91 Å². The summed E-state index contributed by atoms with van der Waals surface area (Å²) >= 11 is 0. The van der Waals surface area contributed by atoms with E-state index in [1.54, 1.807) is 0 Å². The Morgan fingerprint density at radius 1 is 1.54 bits per heavy atom. The van der Waals surface area contributed by atoms with Gasteiger partial charge in [-0.2, -0.15) is 0 Å². The summed E-state index contributed by atoms with van der Waals surface area (Å²) in [6.07, 6.45) is 2.12. The van der Waals surface area contributed by atoms with Gasteiger partial charge in [-0.05, 0) is 27.2 Å². The highest BCUT2D eigenvalue weighted by molar-refractivity contribution is 5.84. The second-order valence-corrected chi connectivity index (χ2v) is 3.97. The molecule has 0 aromatic rings. The Morgan fingerprint density at radius 2 is 2.15 bits per heavy atom. The first-order chi connectivity index (χ1) is 6.05. The normalized spacial score (nSPS) is 34.3. The van der Waals surface area contributed by atoms with Gasteiger partial charge in [-0.3, -0.25) is 10.1 Å². The fraction of sp³-hybridized carbons (Fsp3) is 0.900. The van der Waals surface area contributed by atoms with Crippen molar-refractivity contribution in [1.82, 2.24) is 10.2 Å². The van der Waals surface area contributed by atoms with Crippen LogP contribution in [0.1, 0.15) is 40.5 Å². The Kier molecular flexibility index (Phi) is 2.96. The van der Waals surface area contributed by atoms with Crippen LogP contribution in [0.4, 0.5) is 0 Å². The molecule has 1 fully saturated rings. The molecule has 1 rings (SSSR count). The third kappa shape index (κ3) is 1.70.